The van der Waals surface area contributed by atoms with E-state index in [0.717, 1.165) is 16.6 Å². The fourth-order valence-electron chi connectivity index (χ4n) is 2.97. The molecule has 0 aliphatic carbocycles. The Morgan fingerprint density at radius 2 is 1.50 bits per heavy atom. The number of rotatable bonds is 3. The first kappa shape index (κ1) is 14.7. The van der Waals surface area contributed by atoms with Crippen LogP contribution >= 0.6 is 11.6 Å². The predicted octanol–water partition coefficient (Wildman–Crippen LogP) is 5.49. The number of hydrogen-bond donors (Lipinski definition) is 0. The first-order chi connectivity index (χ1) is 11.8. The van der Waals surface area contributed by atoms with E-state index in [-0.39, 0.29) is 5.78 Å². The molecule has 0 bridgehead atoms. The lowest BCUT2D eigenvalue weighted by Crippen LogP contribution is -2.06. The zero-order valence-corrected chi connectivity index (χ0v) is 13.6. The van der Waals surface area contributed by atoms with Crippen LogP contribution in [-0.4, -0.2) is 10.2 Å². The Morgan fingerprint density at radius 3 is 2.29 bits per heavy atom. The largest absolute Gasteiger partial charge is 0.313 e. The molecule has 3 heteroatoms. The summed E-state index contributed by atoms with van der Waals surface area (Å²) in [5.41, 5.74) is 3.97. The third-order valence-corrected chi connectivity index (χ3v) is 4.42. The van der Waals surface area contributed by atoms with Crippen LogP contribution in [-0.2, 0) is 0 Å². The molecule has 4 aromatic rings. The number of carbonyl (C=O) groups is 1. The molecule has 0 spiro atoms. The van der Waals surface area contributed by atoms with Gasteiger partial charge in [-0.3, -0.25) is 4.79 Å². The fourth-order valence-corrected chi connectivity index (χ4v) is 3.20. The number of nitrogens with zero attached hydrogens (tertiary/aromatic N) is 1. The second kappa shape index (κ2) is 5.99. The molecule has 0 aliphatic heterocycles. The van der Waals surface area contributed by atoms with E-state index < -0.39 is 0 Å². The maximum Gasteiger partial charge on any atom is 0.210 e. The van der Waals surface area contributed by atoms with Crippen LogP contribution in [0.15, 0.2) is 85.1 Å². The van der Waals surface area contributed by atoms with Crippen molar-refractivity contribution in [1.82, 2.24) is 4.40 Å². The van der Waals surface area contributed by atoms with Crippen molar-refractivity contribution in [3.05, 3.63) is 101 Å². The Bertz CT molecular complexity index is 1030. The summed E-state index contributed by atoms with van der Waals surface area (Å²) in [4.78, 5) is 13.2. The third-order valence-electron chi connectivity index (χ3n) is 4.09. The van der Waals surface area contributed by atoms with Gasteiger partial charge in [-0.05, 0) is 24.3 Å². The van der Waals surface area contributed by atoms with Gasteiger partial charge in [-0.25, -0.2) is 0 Å². The summed E-state index contributed by atoms with van der Waals surface area (Å²) in [5, 5.41) is 0.635. The standard InChI is InChI=1S/C21H14ClNO/c22-19-12-5-4-11-17(19)18-14-16-10-6-7-13-23(16)20(18)21(24)15-8-2-1-3-9-15/h1-14H. The average Bonchev–Trinajstić information content (AvgIpc) is 3.01. The highest BCUT2D eigenvalue weighted by molar-refractivity contribution is 6.33. The number of fused-ring (bicyclic) bond motifs is 1. The van der Waals surface area contributed by atoms with E-state index in [2.05, 4.69) is 0 Å². The molecule has 4 rings (SSSR count). The molecule has 2 nitrogen and oxygen atoms in total. The number of hydrogen-bond acceptors (Lipinski definition) is 1. The van der Waals surface area contributed by atoms with Gasteiger partial charge in [0.1, 0.15) is 5.69 Å². The third kappa shape index (κ3) is 2.41. The van der Waals surface area contributed by atoms with Crippen molar-refractivity contribution < 1.29 is 4.79 Å². The lowest BCUT2D eigenvalue weighted by molar-refractivity contribution is 0.103. The van der Waals surface area contributed by atoms with Crippen LogP contribution in [0.5, 0.6) is 0 Å². The number of carbonyl (C=O) groups excluding carboxylic acids is 1. The van der Waals surface area contributed by atoms with Gasteiger partial charge in [-0.2, -0.15) is 0 Å². The van der Waals surface area contributed by atoms with Crippen LogP contribution < -0.4 is 0 Å². The van der Waals surface area contributed by atoms with Crippen molar-refractivity contribution in [2.45, 2.75) is 0 Å². The van der Waals surface area contributed by atoms with Gasteiger partial charge in [0.25, 0.3) is 0 Å². The summed E-state index contributed by atoms with van der Waals surface area (Å²) in [6.45, 7) is 0. The highest BCUT2D eigenvalue weighted by Crippen LogP contribution is 2.34. The summed E-state index contributed by atoms with van der Waals surface area (Å²) >= 11 is 6.39. The van der Waals surface area contributed by atoms with Crippen LogP contribution in [0.2, 0.25) is 5.02 Å². The molecule has 0 aliphatic rings. The minimum atomic E-state index is -0.0169. The van der Waals surface area contributed by atoms with Gasteiger partial charge in [0.2, 0.25) is 5.78 Å². The molecule has 2 aromatic heterocycles. The van der Waals surface area contributed by atoms with Gasteiger partial charge in [-0.1, -0.05) is 66.2 Å². The molecule has 116 valence electrons. The smallest absolute Gasteiger partial charge is 0.210 e. The lowest BCUT2D eigenvalue weighted by Gasteiger charge is -2.08. The fraction of sp³-hybridized carbons (Fsp3) is 0. The van der Waals surface area contributed by atoms with Gasteiger partial charge in [0.05, 0.1) is 0 Å². The van der Waals surface area contributed by atoms with Crippen LogP contribution in [0.4, 0.5) is 0 Å². The topological polar surface area (TPSA) is 21.5 Å². The van der Waals surface area contributed by atoms with E-state index in [4.69, 9.17) is 11.6 Å². The predicted molar refractivity (Wildman–Crippen MR) is 97.7 cm³/mol. The molecular formula is C21H14ClNO. The Balaban J connectivity index is 2.01. The summed E-state index contributed by atoms with van der Waals surface area (Å²) in [6, 6.07) is 24.8. The van der Waals surface area contributed by atoms with Gasteiger partial charge in [0, 0.05) is 33.4 Å². The normalized spacial score (nSPS) is 10.9. The molecule has 0 radical (unpaired) electrons. The monoisotopic (exact) mass is 331 g/mol. The van der Waals surface area contributed by atoms with E-state index >= 15 is 0 Å². The van der Waals surface area contributed by atoms with Gasteiger partial charge >= 0.3 is 0 Å². The Labute approximate surface area is 144 Å². The summed E-state index contributed by atoms with van der Waals surface area (Å²) < 4.78 is 1.92. The first-order valence-corrected chi connectivity index (χ1v) is 8.08. The Morgan fingerprint density at radius 1 is 0.792 bits per heavy atom. The molecule has 0 fully saturated rings. The van der Waals surface area contributed by atoms with Crippen LogP contribution in [0.3, 0.4) is 0 Å². The molecule has 2 aromatic carbocycles. The molecule has 0 N–H and O–H groups in total. The molecule has 0 saturated heterocycles. The van der Waals surface area contributed by atoms with E-state index in [9.17, 15) is 4.79 Å². The van der Waals surface area contributed by atoms with Crippen molar-refractivity contribution in [2.75, 3.05) is 0 Å². The Kier molecular flexibility index (Phi) is 3.68. The summed E-state index contributed by atoms with van der Waals surface area (Å²) in [7, 11) is 0. The van der Waals surface area contributed by atoms with Gasteiger partial charge in [0.15, 0.2) is 0 Å². The first-order valence-electron chi connectivity index (χ1n) is 7.70. The number of pyridine rings is 1. The molecular weight excluding hydrogens is 318 g/mol. The SMILES string of the molecule is O=C(c1ccccc1)c1c(-c2ccccc2Cl)cc2ccccn12. The van der Waals surface area contributed by atoms with Crippen molar-refractivity contribution in [3.8, 4) is 11.1 Å². The molecule has 2 heterocycles. The van der Waals surface area contributed by atoms with Crippen LogP contribution in [0, 0.1) is 0 Å². The molecule has 0 saturated carbocycles. The zero-order chi connectivity index (χ0) is 16.5. The molecule has 0 amide bonds. The molecule has 0 unspecified atom stereocenters. The van der Waals surface area contributed by atoms with Crippen molar-refractivity contribution in [1.29, 1.82) is 0 Å². The van der Waals surface area contributed by atoms with E-state index in [1.807, 2.05) is 89.5 Å². The second-order valence-electron chi connectivity index (χ2n) is 5.58. The van der Waals surface area contributed by atoms with E-state index in [1.165, 1.54) is 0 Å². The van der Waals surface area contributed by atoms with Crippen LogP contribution in [0.1, 0.15) is 16.1 Å². The van der Waals surface area contributed by atoms with E-state index in [0.29, 0.717) is 16.3 Å². The Hall–Kier alpha value is -2.84. The number of ketones is 1. The number of aromatic nitrogens is 1. The highest BCUT2D eigenvalue weighted by Gasteiger charge is 2.21. The minimum absolute atomic E-state index is 0.0169. The van der Waals surface area contributed by atoms with Crippen molar-refractivity contribution >= 4 is 22.9 Å². The summed E-state index contributed by atoms with van der Waals surface area (Å²) in [6.07, 6.45) is 1.91. The van der Waals surface area contributed by atoms with Gasteiger partial charge < -0.3 is 4.40 Å². The molecule has 24 heavy (non-hydrogen) atoms. The van der Waals surface area contributed by atoms with E-state index in [1.54, 1.807) is 0 Å². The van der Waals surface area contributed by atoms with Crippen LogP contribution in [0.25, 0.3) is 16.6 Å². The number of benzene rings is 2. The van der Waals surface area contributed by atoms with Gasteiger partial charge in [-0.15, -0.1) is 0 Å². The van der Waals surface area contributed by atoms with Crippen molar-refractivity contribution in [3.63, 3.8) is 0 Å². The minimum Gasteiger partial charge on any atom is -0.313 e. The summed E-state index contributed by atoms with van der Waals surface area (Å²) in [5.74, 6) is -0.0169. The average molecular weight is 332 g/mol. The second-order valence-corrected chi connectivity index (χ2v) is 5.98. The maximum atomic E-state index is 13.2. The maximum absolute atomic E-state index is 13.2. The zero-order valence-electron chi connectivity index (χ0n) is 12.8. The van der Waals surface area contributed by atoms with Crippen molar-refractivity contribution in [2.24, 2.45) is 0 Å². The lowest BCUT2D eigenvalue weighted by atomic mass is 10.0. The highest BCUT2D eigenvalue weighted by atomic mass is 35.5. The molecule has 0 atom stereocenters. The quantitative estimate of drug-likeness (QED) is 0.455. The number of halogens is 1.